The smallest absolute Gasteiger partial charge is 0.305 e. The van der Waals surface area contributed by atoms with E-state index < -0.39 is 0 Å². The van der Waals surface area contributed by atoms with Crippen LogP contribution >= 0.6 is 0 Å². The Bertz CT molecular complexity index is 1380. The molecule has 39 heavy (non-hydrogen) atoms. The lowest BCUT2D eigenvalue weighted by molar-refractivity contribution is -0.143. The minimum atomic E-state index is -0.324. The number of aromatic nitrogens is 2. The molecule has 0 bridgehead atoms. The summed E-state index contributed by atoms with van der Waals surface area (Å²) in [4.78, 5) is 28.4. The molecule has 4 rings (SSSR count). The van der Waals surface area contributed by atoms with Crippen LogP contribution < -0.4 is 5.32 Å². The molecule has 4 aromatic rings. The Labute approximate surface area is 227 Å². The first kappa shape index (κ1) is 27.7. The number of esters is 1. The second-order valence-corrected chi connectivity index (χ2v) is 9.58. The van der Waals surface area contributed by atoms with Gasteiger partial charge in [-0.1, -0.05) is 43.3 Å². The van der Waals surface area contributed by atoms with E-state index in [1.165, 1.54) is 12.1 Å². The third-order valence-corrected chi connectivity index (χ3v) is 6.33. The molecule has 0 aliphatic rings. The molecule has 0 radical (unpaired) electrons. The molecule has 0 saturated heterocycles. The minimum Gasteiger partial charge on any atom is -0.466 e. The molecule has 0 saturated carbocycles. The van der Waals surface area contributed by atoms with Crippen LogP contribution in [0.3, 0.4) is 0 Å². The number of nitrogens with zero attached hydrogens (tertiary/aromatic N) is 2. The first-order valence-electron chi connectivity index (χ1n) is 13.1. The predicted molar refractivity (Wildman–Crippen MR) is 148 cm³/mol. The number of nitrogens with one attached hydrogen (secondary N) is 1. The molecule has 1 unspecified atom stereocenters. The lowest BCUT2D eigenvalue weighted by atomic mass is 9.94. The molecular weight excluding hydrogens is 497 g/mol. The van der Waals surface area contributed by atoms with E-state index in [1.807, 2.05) is 48.5 Å². The monoisotopic (exact) mass is 529 g/mol. The molecule has 1 atom stereocenters. The standard InChI is InChI=1S/C31H32FN3O4/c1-4-38-28(37)7-5-6-27(36)21-14-18-26(19-15-21)33-29(20(2)3)22-8-10-23(11-9-22)30-34-31(39-35-30)24-12-16-25(32)17-13-24/h8-20,29,33H,4-7H2,1-3H3. The highest BCUT2D eigenvalue weighted by molar-refractivity contribution is 5.96. The third kappa shape index (κ3) is 7.37. The summed E-state index contributed by atoms with van der Waals surface area (Å²) in [6.45, 7) is 6.39. The molecule has 0 spiro atoms. The van der Waals surface area contributed by atoms with Gasteiger partial charge < -0.3 is 14.6 Å². The van der Waals surface area contributed by atoms with Gasteiger partial charge in [-0.2, -0.15) is 4.98 Å². The number of carbonyl (C=O) groups excluding carboxylic acids is 2. The lowest BCUT2D eigenvalue weighted by Crippen LogP contribution is -2.16. The summed E-state index contributed by atoms with van der Waals surface area (Å²) in [5, 5.41) is 7.64. The zero-order valence-electron chi connectivity index (χ0n) is 22.3. The summed E-state index contributed by atoms with van der Waals surface area (Å²) >= 11 is 0. The number of halogens is 1. The Hall–Kier alpha value is -4.33. The molecule has 0 fully saturated rings. The molecule has 0 aliphatic carbocycles. The van der Waals surface area contributed by atoms with Gasteiger partial charge in [0.2, 0.25) is 5.82 Å². The van der Waals surface area contributed by atoms with Gasteiger partial charge >= 0.3 is 5.97 Å². The van der Waals surface area contributed by atoms with Crippen molar-refractivity contribution >= 4 is 17.4 Å². The fourth-order valence-electron chi connectivity index (χ4n) is 4.23. The Kier molecular flexibility index (Phi) is 9.20. The fraction of sp³-hybridized carbons (Fsp3) is 0.290. The number of Topliss-reactive ketones (excluding diaryl/α,β-unsaturated/α-hetero) is 1. The van der Waals surface area contributed by atoms with Gasteiger partial charge in [0.1, 0.15) is 5.82 Å². The molecule has 7 nitrogen and oxygen atoms in total. The number of hydrogen-bond acceptors (Lipinski definition) is 7. The Morgan fingerprint density at radius 1 is 0.923 bits per heavy atom. The van der Waals surface area contributed by atoms with Crippen molar-refractivity contribution in [2.24, 2.45) is 5.92 Å². The first-order chi connectivity index (χ1) is 18.8. The molecule has 0 aliphatic heterocycles. The van der Waals surface area contributed by atoms with Crippen LogP contribution in [0.2, 0.25) is 0 Å². The van der Waals surface area contributed by atoms with Crippen molar-refractivity contribution in [1.82, 2.24) is 10.1 Å². The van der Waals surface area contributed by atoms with Crippen LogP contribution in [0.5, 0.6) is 0 Å². The number of rotatable bonds is 12. The highest BCUT2D eigenvalue weighted by Gasteiger charge is 2.18. The van der Waals surface area contributed by atoms with Gasteiger partial charge in [0, 0.05) is 35.2 Å². The molecule has 0 amide bonds. The molecule has 1 heterocycles. The quantitative estimate of drug-likeness (QED) is 0.152. The summed E-state index contributed by atoms with van der Waals surface area (Å²) in [6, 6.07) is 21.3. The van der Waals surface area contributed by atoms with Gasteiger partial charge in [0.25, 0.3) is 5.89 Å². The van der Waals surface area contributed by atoms with Gasteiger partial charge in [-0.3, -0.25) is 9.59 Å². The van der Waals surface area contributed by atoms with Crippen LogP contribution in [-0.4, -0.2) is 28.5 Å². The molecule has 202 valence electrons. The average molecular weight is 530 g/mol. The summed E-state index contributed by atoms with van der Waals surface area (Å²) < 4.78 is 23.5. The van der Waals surface area contributed by atoms with E-state index in [4.69, 9.17) is 9.26 Å². The molecule has 8 heteroatoms. The van der Waals surface area contributed by atoms with Crippen molar-refractivity contribution in [2.45, 2.75) is 46.1 Å². The zero-order valence-corrected chi connectivity index (χ0v) is 22.3. The number of hydrogen-bond donors (Lipinski definition) is 1. The lowest BCUT2D eigenvalue weighted by Gasteiger charge is -2.24. The second-order valence-electron chi connectivity index (χ2n) is 9.58. The highest BCUT2D eigenvalue weighted by atomic mass is 19.1. The predicted octanol–water partition coefficient (Wildman–Crippen LogP) is 7.27. The van der Waals surface area contributed by atoms with E-state index in [-0.39, 0.29) is 36.0 Å². The SMILES string of the molecule is CCOC(=O)CCCC(=O)c1ccc(NC(c2ccc(-c3noc(-c4ccc(F)cc4)n3)cc2)C(C)C)cc1. The number of anilines is 1. The molecule has 3 aromatic carbocycles. The molecule has 1 aromatic heterocycles. The summed E-state index contributed by atoms with van der Waals surface area (Å²) in [5.41, 5.74) is 4.08. The van der Waals surface area contributed by atoms with Crippen molar-refractivity contribution in [1.29, 1.82) is 0 Å². The number of ether oxygens (including phenoxy) is 1. The van der Waals surface area contributed by atoms with Crippen molar-refractivity contribution in [3.63, 3.8) is 0 Å². The highest BCUT2D eigenvalue weighted by Crippen LogP contribution is 2.29. The number of carbonyl (C=O) groups is 2. The van der Waals surface area contributed by atoms with Crippen molar-refractivity contribution in [3.8, 4) is 22.8 Å². The van der Waals surface area contributed by atoms with E-state index in [1.54, 1.807) is 19.1 Å². The summed E-state index contributed by atoms with van der Waals surface area (Å²) in [7, 11) is 0. The third-order valence-electron chi connectivity index (χ3n) is 6.33. The largest absolute Gasteiger partial charge is 0.466 e. The van der Waals surface area contributed by atoms with Crippen LogP contribution in [0.4, 0.5) is 10.1 Å². The van der Waals surface area contributed by atoms with Crippen LogP contribution in [0.15, 0.2) is 77.3 Å². The van der Waals surface area contributed by atoms with Crippen LogP contribution in [0.25, 0.3) is 22.8 Å². The van der Waals surface area contributed by atoms with Crippen LogP contribution in [-0.2, 0) is 9.53 Å². The Morgan fingerprint density at radius 2 is 1.59 bits per heavy atom. The Balaban J connectivity index is 1.39. The second kappa shape index (κ2) is 13.0. The maximum Gasteiger partial charge on any atom is 0.305 e. The number of ketones is 1. The van der Waals surface area contributed by atoms with Crippen molar-refractivity contribution < 1.29 is 23.2 Å². The van der Waals surface area contributed by atoms with E-state index in [0.717, 1.165) is 16.8 Å². The Morgan fingerprint density at radius 3 is 2.23 bits per heavy atom. The normalized spacial score (nSPS) is 11.8. The first-order valence-corrected chi connectivity index (χ1v) is 13.1. The fourth-order valence-corrected chi connectivity index (χ4v) is 4.23. The van der Waals surface area contributed by atoms with Gasteiger partial charge in [0.05, 0.1) is 12.6 Å². The van der Waals surface area contributed by atoms with Gasteiger partial charge in [-0.05, 0) is 73.4 Å². The summed E-state index contributed by atoms with van der Waals surface area (Å²) in [6.07, 6.45) is 1.02. The number of benzene rings is 3. The molecule has 1 N–H and O–H groups in total. The van der Waals surface area contributed by atoms with Gasteiger partial charge in [0.15, 0.2) is 5.78 Å². The zero-order chi connectivity index (χ0) is 27.8. The van der Waals surface area contributed by atoms with E-state index in [0.29, 0.717) is 42.3 Å². The maximum atomic E-state index is 13.2. The van der Waals surface area contributed by atoms with Gasteiger partial charge in [-0.25, -0.2) is 4.39 Å². The van der Waals surface area contributed by atoms with Gasteiger partial charge in [-0.15, -0.1) is 0 Å². The van der Waals surface area contributed by atoms with Crippen molar-refractivity contribution in [3.05, 3.63) is 89.7 Å². The average Bonchev–Trinajstić information content (AvgIpc) is 3.43. The van der Waals surface area contributed by atoms with E-state index in [9.17, 15) is 14.0 Å². The van der Waals surface area contributed by atoms with Crippen molar-refractivity contribution in [2.75, 3.05) is 11.9 Å². The molecular formula is C31H32FN3O4. The van der Waals surface area contributed by atoms with Crippen LogP contribution in [0.1, 0.15) is 62.0 Å². The maximum absolute atomic E-state index is 13.2. The topological polar surface area (TPSA) is 94.3 Å². The summed E-state index contributed by atoms with van der Waals surface area (Å²) in [5.74, 6) is 0.481. The van der Waals surface area contributed by atoms with E-state index >= 15 is 0 Å². The van der Waals surface area contributed by atoms with E-state index in [2.05, 4.69) is 29.3 Å². The van der Waals surface area contributed by atoms with Crippen LogP contribution in [0, 0.1) is 11.7 Å². The minimum absolute atomic E-state index is 0.00546.